The van der Waals surface area contributed by atoms with Gasteiger partial charge in [0.1, 0.15) is 0 Å². The molecule has 0 aromatic heterocycles. The van der Waals surface area contributed by atoms with E-state index in [0.717, 1.165) is 6.42 Å². The minimum atomic E-state index is 0.141. The summed E-state index contributed by atoms with van der Waals surface area (Å²) in [6.07, 6.45) is 1.08. The molecular weight excluding hydrogens is 210 g/mol. The fourth-order valence-corrected chi connectivity index (χ4v) is 1.10. The van der Waals surface area contributed by atoms with Crippen LogP contribution >= 0.6 is 0 Å². The van der Waals surface area contributed by atoms with Crippen LogP contribution in [0.25, 0.3) is 0 Å². The van der Waals surface area contributed by atoms with E-state index in [0.29, 0.717) is 46.2 Å². The number of hydrogen-bond donors (Lipinski definition) is 1. The van der Waals surface area contributed by atoms with Crippen LogP contribution in [0.15, 0.2) is 0 Å². The van der Waals surface area contributed by atoms with Gasteiger partial charge in [-0.15, -0.1) is 0 Å². The molecule has 0 heterocycles. The minimum absolute atomic E-state index is 0.141. The Bertz CT molecular complexity index is 135. The number of nitrogens with two attached hydrogens (primary N) is 1. The molecule has 0 aromatic rings. The maximum atomic E-state index is 5.47. The molecule has 0 saturated carbocycles. The standard InChI is InChI=1S/C11H25NO4/c1-3-11(16-5-4-12)10-15-9-8-14-7-6-13-2/h11H,3-10,12H2,1-2H3. The second-order valence-corrected chi connectivity index (χ2v) is 3.37. The maximum absolute atomic E-state index is 5.47. The molecule has 1 unspecified atom stereocenters. The summed E-state index contributed by atoms with van der Waals surface area (Å²) in [5.41, 5.74) is 5.36. The molecule has 1 atom stereocenters. The average Bonchev–Trinajstić information content (AvgIpc) is 2.32. The van der Waals surface area contributed by atoms with Gasteiger partial charge in [0, 0.05) is 13.7 Å². The summed E-state index contributed by atoms with van der Waals surface area (Å²) in [7, 11) is 1.65. The molecule has 0 aliphatic carbocycles. The van der Waals surface area contributed by atoms with Gasteiger partial charge in [0.25, 0.3) is 0 Å². The second kappa shape index (κ2) is 12.9. The topological polar surface area (TPSA) is 62.9 Å². The third-order valence-corrected chi connectivity index (χ3v) is 2.03. The Hall–Kier alpha value is -0.200. The van der Waals surface area contributed by atoms with Crippen LogP contribution in [-0.4, -0.2) is 59.4 Å². The number of hydrogen-bond acceptors (Lipinski definition) is 5. The lowest BCUT2D eigenvalue weighted by atomic mass is 10.3. The van der Waals surface area contributed by atoms with Crippen molar-refractivity contribution in [3.63, 3.8) is 0 Å². The van der Waals surface area contributed by atoms with Gasteiger partial charge in [-0.25, -0.2) is 0 Å². The van der Waals surface area contributed by atoms with Gasteiger partial charge in [-0.3, -0.25) is 0 Å². The van der Waals surface area contributed by atoms with Crippen LogP contribution < -0.4 is 5.73 Å². The molecule has 5 heteroatoms. The molecule has 0 rings (SSSR count). The predicted molar refractivity (Wildman–Crippen MR) is 62.6 cm³/mol. The molecule has 0 radical (unpaired) electrons. The lowest BCUT2D eigenvalue weighted by molar-refractivity contribution is -0.0336. The van der Waals surface area contributed by atoms with E-state index < -0.39 is 0 Å². The molecule has 5 nitrogen and oxygen atoms in total. The van der Waals surface area contributed by atoms with Gasteiger partial charge >= 0.3 is 0 Å². The first-order valence-corrected chi connectivity index (χ1v) is 5.81. The Kier molecular flexibility index (Phi) is 12.7. The molecule has 16 heavy (non-hydrogen) atoms. The smallest absolute Gasteiger partial charge is 0.0806 e. The van der Waals surface area contributed by atoms with Gasteiger partial charge in [-0.1, -0.05) is 6.92 Å². The van der Waals surface area contributed by atoms with E-state index in [9.17, 15) is 0 Å². The fourth-order valence-electron chi connectivity index (χ4n) is 1.10. The van der Waals surface area contributed by atoms with Crippen molar-refractivity contribution in [2.75, 3.05) is 53.3 Å². The fraction of sp³-hybridized carbons (Fsp3) is 1.00. The van der Waals surface area contributed by atoms with Crippen LogP contribution in [-0.2, 0) is 18.9 Å². The molecule has 0 fully saturated rings. The third kappa shape index (κ3) is 10.3. The zero-order valence-corrected chi connectivity index (χ0v) is 10.4. The summed E-state index contributed by atoms with van der Waals surface area (Å²) < 4.78 is 21.0. The molecule has 0 saturated heterocycles. The lowest BCUT2D eigenvalue weighted by Gasteiger charge is -2.15. The molecular formula is C11H25NO4. The Morgan fingerprint density at radius 3 is 2.31 bits per heavy atom. The van der Waals surface area contributed by atoms with Gasteiger partial charge in [0.05, 0.1) is 45.7 Å². The van der Waals surface area contributed by atoms with Gasteiger partial charge in [0.15, 0.2) is 0 Å². The second-order valence-electron chi connectivity index (χ2n) is 3.37. The van der Waals surface area contributed by atoms with E-state index in [1.807, 2.05) is 0 Å². The van der Waals surface area contributed by atoms with Crippen molar-refractivity contribution in [2.45, 2.75) is 19.4 Å². The van der Waals surface area contributed by atoms with Gasteiger partial charge in [0.2, 0.25) is 0 Å². The lowest BCUT2D eigenvalue weighted by Crippen LogP contribution is -2.23. The molecule has 0 aromatic carbocycles. The zero-order valence-electron chi connectivity index (χ0n) is 10.4. The van der Waals surface area contributed by atoms with Crippen molar-refractivity contribution in [2.24, 2.45) is 5.73 Å². The highest BCUT2D eigenvalue weighted by molar-refractivity contribution is 4.53. The third-order valence-electron chi connectivity index (χ3n) is 2.03. The Morgan fingerprint density at radius 2 is 1.69 bits per heavy atom. The van der Waals surface area contributed by atoms with Crippen molar-refractivity contribution in [3.8, 4) is 0 Å². The first-order chi connectivity index (χ1) is 7.85. The summed E-state index contributed by atoms with van der Waals surface area (Å²) in [6.45, 7) is 6.23. The van der Waals surface area contributed by atoms with Crippen molar-refractivity contribution in [1.29, 1.82) is 0 Å². The van der Waals surface area contributed by atoms with E-state index >= 15 is 0 Å². The summed E-state index contributed by atoms with van der Waals surface area (Å²) in [5, 5.41) is 0. The monoisotopic (exact) mass is 235 g/mol. The maximum Gasteiger partial charge on any atom is 0.0806 e. The SMILES string of the molecule is CCC(COCCOCCOC)OCCN. The molecule has 0 spiro atoms. The van der Waals surface area contributed by atoms with Gasteiger partial charge in [-0.2, -0.15) is 0 Å². The molecule has 0 aliphatic heterocycles. The highest BCUT2D eigenvalue weighted by Crippen LogP contribution is 1.98. The molecule has 0 amide bonds. The first-order valence-electron chi connectivity index (χ1n) is 5.81. The first kappa shape index (κ1) is 15.8. The number of methoxy groups -OCH3 is 1. The van der Waals surface area contributed by atoms with Crippen molar-refractivity contribution in [1.82, 2.24) is 0 Å². The highest BCUT2D eigenvalue weighted by atomic mass is 16.6. The van der Waals surface area contributed by atoms with Crippen LogP contribution in [0.2, 0.25) is 0 Å². The zero-order chi connectivity index (χ0) is 12.1. The normalized spacial score (nSPS) is 12.9. The average molecular weight is 235 g/mol. The van der Waals surface area contributed by atoms with E-state index in [2.05, 4.69) is 6.92 Å². The Balaban J connectivity index is 3.20. The molecule has 98 valence electrons. The van der Waals surface area contributed by atoms with Gasteiger partial charge in [-0.05, 0) is 6.42 Å². The largest absolute Gasteiger partial charge is 0.382 e. The predicted octanol–water partition coefficient (Wildman–Crippen LogP) is 0.420. The van der Waals surface area contributed by atoms with E-state index in [1.165, 1.54) is 0 Å². The van der Waals surface area contributed by atoms with Crippen LogP contribution in [0.3, 0.4) is 0 Å². The quantitative estimate of drug-likeness (QED) is 0.497. The van der Waals surface area contributed by atoms with Crippen molar-refractivity contribution in [3.05, 3.63) is 0 Å². The number of ether oxygens (including phenoxy) is 4. The molecule has 2 N–H and O–H groups in total. The Labute approximate surface area is 98.2 Å². The number of rotatable bonds is 12. The van der Waals surface area contributed by atoms with Crippen molar-refractivity contribution >= 4 is 0 Å². The summed E-state index contributed by atoms with van der Waals surface area (Å²) in [5.74, 6) is 0. The highest BCUT2D eigenvalue weighted by Gasteiger charge is 2.05. The Morgan fingerprint density at radius 1 is 1.00 bits per heavy atom. The molecule has 0 aliphatic rings. The van der Waals surface area contributed by atoms with E-state index in [-0.39, 0.29) is 6.10 Å². The van der Waals surface area contributed by atoms with Crippen LogP contribution in [0.5, 0.6) is 0 Å². The molecule has 0 bridgehead atoms. The van der Waals surface area contributed by atoms with Crippen LogP contribution in [0.4, 0.5) is 0 Å². The van der Waals surface area contributed by atoms with Crippen LogP contribution in [0.1, 0.15) is 13.3 Å². The summed E-state index contributed by atoms with van der Waals surface area (Å²) in [6, 6.07) is 0. The summed E-state index contributed by atoms with van der Waals surface area (Å²) in [4.78, 5) is 0. The van der Waals surface area contributed by atoms with E-state index in [4.69, 9.17) is 24.7 Å². The van der Waals surface area contributed by atoms with Crippen LogP contribution in [0, 0.1) is 0 Å². The van der Waals surface area contributed by atoms with E-state index in [1.54, 1.807) is 7.11 Å². The van der Waals surface area contributed by atoms with Gasteiger partial charge < -0.3 is 24.7 Å². The minimum Gasteiger partial charge on any atom is -0.382 e. The summed E-state index contributed by atoms with van der Waals surface area (Å²) >= 11 is 0. The van der Waals surface area contributed by atoms with Crippen molar-refractivity contribution < 1.29 is 18.9 Å².